The predicted molar refractivity (Wildman–Crippen MR) is 66.1 cm³/mol. The van der Waals surface area contributed by atoms with Crippen molar-refractivity contribution in [1.82, 2.24) is 9.55 Å². The van der Waals surface area contributed by atoms with Crippen LogP contribution < -0.4 is 0 Å². The molecule has 0 aliphatic rings. The van der Waals surface area contributed by atoms with Crippen molar-refractivity contribution in [2.24, 2.45) is 0 Å². The van der Waals surface area contributed by atoms with Gasteiger partial charge in [-0.25, -0.2) is 4.98 Å². The SMILES string of the molecule is CCc1ccc2c(c1)nc(CC(=O)O)n2CC. The first-order valence-corrected chi connectivity index (χ1v) is 5.85. The Balaban J connectivity index is 2.57. The zero-order chi connectivity index (χ0) is 12.4. The molecule has 2 aromatic rings. The van der Waals surface area contributed by atoms with Crippen LogP contribution >= 0.6 is 0 Å². The van der Waals surface area contributed by atoms with E-state index in [4.69, 9.17) is 5.11 Å². The minimum atomic E-state index is -0.842. The maximum atomic E-state index is 10.8. The Morgan fingerprint density at radius 2 is 2.18 bits per heavy atom. The van der Waals surface area contributed by atoms with Crippen LogP contribution in [0.4, 0.5) is 0 Å². The fourth-order valence-electron chi connectivity index (χ4n) is 2.07. The first-order chi connectivity index (χ1) is 8.15. The van der Waals surface area contributed by atoms with E-state index in [0.29, 0.717) is 5.82 Å². The lowest BCUT2D eigenvalue weighted by Crippen LogP contribution is -2.08. The van der Waals surface area contributed by atoms with E-state index in [1.165, 1.54) is 5.56 Å². The molecule has 0 aliphatic heterocycles. The molecule has 1 N–H and O–H groups in total. The van der Waals surface area contributed by atoms with Crippen LogP contribution in [0.25, 0.3) is 11.0 Å². The highest BCUT2D eigenvalue weighted by molar-refractivity contribution is 5.78. The van der Waals surface area contributed by atoms with E-state index in [2.05, 4.69) is 18.0 Å². The van der Waals surface area contributed by atoms with E-state index in [0.717, 1.165) is 24.0 Å². The molecule has 0 saturated heterocycles. The standard InChI is InChI=1S/C13H16N2O2/c1-3-9-5-6-11-10(7-9)14-12(8-13(16)17)15(11)4-2/h5-7H,3-4,8H2,1-2H3,(H,16,17). The molecule has 0 aliphatic carbocycles. The summed E-state index contributed by atoms with van der Waals surface area (Å²) in [6.07, 6.45) is 0.938. The Morgan fingerprint density at radius 1 is 1.41 bits per heavy atom. The normalized spacial score (nSPS) is 10.9. The highest BCUT2D eigenvalue weighted by atomic mass is 16.4. The summed E-state index contributed by atoms with van der Waals surface area (Å²) in [5.41, 5.74) is 3.13. The van der Waals surface area contributed by atoms with Gasteiger partial charge in [0, 0.05) is 6.54 Å². The fraction of sp³-hybridized carbons (Fsp3) is 0.385. The average Bonchev–Trinajstić information content (AvgIpc) is 2.63. The number of fused-ring (bicyclic) bond motifs is 1. The number of carboxylic acid groups (broad SMARTS) is 1. The molecule has 0 fully saturated rings. The first kappa shape index (κ1) is 11.6. The molecule has 0 saturated carbocycles. The van der Waals surface area contributed by atoms with Gasteiger partial charge in [-0.05, 0) is 31.0 Å². The van der Waals surface area contributed by atoms with Crippen LogP contribution in [0.1, 0.15) is 25.2 Å². The number of carbonyl (C=O) groups is 1. The van der Waals surface area contributed by atoms with Gasteiger partial charge in [0.15, 0.2) is 0 Å². The molecule has 90 valence electrons. The van der Waals surface area contributed by atoms with Gasteiger partial charge in [-0.2, -0.15) is 0 Å². The van der Waals surface area contributed by atoms with Crippen LogP contribution in [-0.4, -0.2) is 20.6 Å². The number of hydrogen-bond acceptors (Lipinski definition) is 2. The van der Waals surface area contributed by atoms with Crippen molar-refractivity contribution in [3.05, 3.63) is 29.6 Å². The highest BCUT2D eigenvalue weighted by Crippen LogP contribution is 2.18. The lowest BCUT2D eigenvalue weighted by atomic mass is 10.1. The molecule has 4 heteroatoms. The maximum Gasteiger partial charge on any atom is 0.311 e. The number of benzene rings is 1. The largest absolute Gasteiger partial charge is 0.481 e. The number of nitrogens with zero attached hydrogens (tertiary/aromatic N) is 2. The Kier molecular flexibility index (Phi) is 3.13. The summed E-state index contributed by atoms with van der Waals surface area (Å²) in [6.45, 7) is 4.83. The molecule has 1 heterocycles. The van der Waals surface area contributed by atoms with Crippen molar-refractivity contribution in [1.29, 1.82) is 0 Å². The molecule has 1 aromatic carbocycles. The Hall–Kier alpha value is -1.84. The Labute approximate surface area is 99.9 Å². The number of aromatic nitrogens is 2. The van der Waals surface area contributed by atoms with Crippen LogP contribution in [0.15, 0.2) is 18.2 Å². The van der Waals surface area contributed by atoms with Gasteiger partial charge >= 0.3 is 5.97 Å². The van der Waals surface area contributed by atoms with E-state index in [-0.39, 0.29) is 6.42 Å². The molecule has 4 nitrogen and oxygen atoms in total. The molecular formula is C13H16N2O2. The average molecular weight is 232 g/mol. The first-order valence-electron chi connectivity index (χ1n) is 5.85. The molecule has 0 spiro atoms. The summed E-state index contributed by atoms with van der Waals surface area (Å²) < 4.78 is 1.96. The minimum Gasteiger partial charge on any atom is -0.481 e. The number of carboxylic acids is 1. The fourth-order valence-corrected chi connectivity index (χ4v) is 2.07. The van der Waals surface area contributed by atoms with Crippen molar-refractivity contribution in [2.75, 3.05) is 0 Å². The quantitative estimate of drug-likeness (QED) is 0.879. The van der Waals surface area contributed by atoms with E-state index >= 15 is 0 Å². The van der Waals surface area contributed by atoms with Gasteiger partial charge in [-0.1, -0.05) is 13.0 Å². The molecular weight excluding hydrogens is 216 g/mol. The molecule has 17 heavy (non-hydrogen) atoms. The molecule has 0 radical (unpaired) electrons. The summed E-state index contributed by atoms with van der Waals surface area (Å²) in [7, 11) is 0. The molecule has 1 aromatic heterocycles. The van der Waals surface area contributed by atoms with E-state index in [1.807, 2.05) is 23.6 Å². The number of rotatable bonds is 4. The summed E-state index contributed by atoms with van der Waals surface area (Å²) in [4.78, 5) is 15.2. The van der Waals surface area contributed by atoms with Gasteiger partial charge in [0.2, 0.25) is 0 Å². The smallest absolute Gasteiger partial charge is 0.311 e. The van der Waals surface area contributed by atoms with E-state index in [1.54, 1.807) is 0 Å². The van der Waals surface area contributed by atoms with Crippen molar-refractivity contribution in [3.63, 3.8) is 0 Å². The van der Waals surface area contributed by atoms with Gasteiger partial charge in [0.05, 0.1) is 11.0 Å². The second kappa shape index (κ2) is 4.57. The number of hydrogen-bond donors (Lipinski definition) is 1. The van der Waals surface area contributed by atoms with Gasteiger partial charge in [0.25, 0.3) is 0 Å². The summed E-state index contributed by atoms with van der Waals surface area (Å²) in [6, 6.07) is 6.13. The minimum absolute atomic E-state index is 0.0238. The summed E-state index contributed by atoms with van der Waals surface area (Å²) in [5.74, 6) is -0.214. The number of aryl methyl sites for hydroxylation is 2. The molecule has 2 rings (SSSR count). The van der Waals surface area contributed by atoms with E-state index < -0.39 is 5.97 Å². The third-order valence-electron chi connectivity index (χ3n) is 2.93. The molecule has 0 atom stereocenters. The second-order valence-corrected chi connectivity index (χ2v) is 4.02. The monoisotopic (exact) mass is 232 g/mol. The highest BCUT2D eigenvalue weighted by Gasteiger charge is 2.12. The zero-order valence-electron chi connectivity index (χ0n) is 10.1. The van der Waals surface area contributed by atoms with Crippen molar-refractivity contribution in [2.45, 2.75) is 33.2 Å². The predicted octanol–water partition coefficient (Wildman–Crippen LogP) is 2.25. The van der Waals surface area contributed by atoms with Crippen LogP contribution in [0.2, 0.25) is 0 Å². The molecule has 0 unspecified atom stereocenters. The lowest BCUT2D eigenvalue weighted by Gasteiger charge is -2.03. The number of aliphatic carboxylic acids is 1. The Bertz CT molecular complexity index is 558. The second-order valence-electron chi connectivity index (χ2n) is 4.02. The Morgan fingerprint density at radius 3 is 2.76 bits per heavy atom. The lowest BCUT2D eigenvalue weighted by molar-refractivity contribution is -0.136. The van der Waals surface area contributed by atoms with Crippen molar-refractivity contribution in [3.8, 4) is 0 Å². The topological polar surface area (TPSA) is 55.1 Å². The third-order valence-corrected chi connectivity index (χ3v) is 2.93. The van der Waals surface area contributed by atoms with Crippen molar-refractivity contribution >= 4 is 17.0 Å². The summed E-state index contributed by atoms with van der Waals surface area (Å²) in [5, 5.41) is 8.86. The van der Waals surface area contributed by atoms with Crippen LogP contribution in [0, 0.1) is 0 Å². The third kappa shape index (κ3) is 2.16. The van der Waals surface area contributed by atoms with Crippen LogP contribution in [-0.2, 0) is 24.2 Å². The van der Waals surface area contributed by atoms with Crippen LogP contribution in [0.5, 0.6) is 0 Å². The van der Waals surface area contributed by atoms with Crippen molar-refractivity contribution < 1.29 is 9.90 Å². The van der Waals surface area contributed by atoms with Gasteiger partial charge in [0.1, 0.15) is 12.2 Å². The number of imidazole rings is 1. The molecule has 0 bridgehead atoms. The van der Waals surface area contributed by atoms with E-state index in [9.17, 15) is 4.79 Å². The van der Waals surface area contributed by atoms with Gasteiger partial charge < -0.3 is 9.67 Å². The summed E-state index contributed by atoms with van der Waals surface area (Å²) >= 11 is 0. The zero-order valence-corrected chi connectivity index (χ0v) is 10.1. The van der Waals surface area contributed by atoms with Crippen LogP contribution in [0.3, 0.4) is 0 Å². The van der Waals surface area contributed by atoms with Gasteiger partial charge in [-0.15, -0.1) is 0 Å². The maximum absolute atomic E-state index is 10.8. The molecule has 0 amide bonds. The van der Waals surface area contributed by atoms with Gasteiger partial charge in [-0.3, -0.25) is 4.79 Å².